The van der Waals surface area contributed by atoms with Gasteiger partial charge in [0.2, 0.25) is 0 Å². The maximum atomic E-state index is 8.73. The molecule has 0 aromatic heterocycles. The zero-order valence-electron chi connectivity index (χ0n) is 6.20. The molecule has 0 spiro atoms. The Morgan fingerprint density at radius 2 is 1.91 bits per heavy atom. The lowest BCUT2D eigenvalue weighted by atomic mass is 10.2. The summed E-state index contributed by atoms with van der Waals surface area (Å²) in [6.45, 7) is 3.34. The molecule has 0 saturated heterocycles. The van der Waals surface area contributed by atoms with Crippen LogP contribution in [0.3, 0.4) is 0 Å². The number of benzene rings is 1. The van der Waals surface area contributed by atoms with E-state index in [9.17, 15) is 0 Å². The summed E-state index contributed by atoms with van der Waals surface area (Å²) in [6.07, 6.45) is 3.37. The smallest absolute Gasteiger partial charge is 0.108 e. The molecule has 11 heavy (non-hydrogen) atoms. The molecule has 1 rings (SSSR count). The summed E-state index contributed by atoms with van der Waals surface area (Å²) >= 11 is 0. The second kappa shape index (κ2) is 3.62. The molecule has 0 aliphatic rings. The number of rotatable bonds is 2. The van der Waals surface area contributed by atoms with Crippen LogP contribution in [0.4, 0.5) is 0 Å². The number of aliphatic hydroxyl groups excluding tert-OH is 1. The summed E-state index contributed by atoms with van der Waals surface area (Å²) < 4.78 is 0. The van der Waals surface area contributed by atoms with Crippen molar-refractivity contribution < 1.29 is 5.11 Å². The van der Waals surface area contributed by atoms with Crippen LogP contribution in [0.15, 0.2) is 48.7 Å². The van der Waals surface area contributed by atoms with Gasteiger partial charge >= 0.3 is 0 Å². The highest BCUT2D eigenvalue weighted by Gasteiger charge is 1.81. The standard InChI is InChI=1S/C10H10O/c1-9(11)7-8-10-5-3-2-4-6-10/h2-8,11H,1H2/b8-7-. The molecular formula is C10H10O. The first-order valence-corrected chi connectivity index (χ1v) is 3.40. The molecule has 1 nitrogen and oxygen atoms in total. The summed E-state index contributed by atoms with van der Waals surface area (Å²) in [5.74, 6) is 0.0776. The second-order valence-corrected chi connectivity index (χ2v) is 2.24. The predicted molar refractivity (Wildman–Crippen MR) is 47.2 cm³/mol. The van der Waals surface area contributed by atoms with E-state index in [1.807, 2.05) is 36.4 Å². The third kappa shape index (κ3) is 2.72. The Labute approximate surface area is 66.3 Å². The topological polar surface area (TPSA) is 20.2 Å². The molecule has 0 atom stereocenters. The lowest BCUT2D eigenvalue weighted by molar-refractivity contribution is 0.436. The molecule has 0 aliphatic heterocycles. The van der Waals surface area contributed by atoms with Gasteiger partial charge in [-0.25, -0.2) is 0 Å². The van der Waals surface area contributed by atoms with E-state index in [1.165, 1.54) is 0 Å². The van der Waals surface area contributed by atoms with Gasteiger partial charge in [-0.1, -0.05) is 43.0 Å². The van der Waals surface area contributed by atoms with E-state index in [2.05, 4.69) is 6.58 Å². The Hall–Kier alpha value is -1.50. The molecule has 1 aromatic carbocycles. The van der Waals surface area contributed by atoms with Crippen molar-refractivity contribution in [1.82, 2.24) is 0 Å². The molecule has 0 aliphatic carbocycles. The number of allylic oxidation sites excluding steroid dienone is 1. The van der Waals surface area contributed by atoms with Gasteiger partial charge in [-0.2, -0.15) is 0 Å². The fourth-order valence-electron chi connectivity index (χ4n) is 0.757. The monoisotopic (exact) mass is 146 g/mol. The van der Waals surface area contributed by atoms with Crippen LogP contribution in [0.25, 0.3) is 6.08 Å². The second-order valence-electron chi connectivity index (χ2n) is 2.24. The minimum atomic E-state index is 0.0776. The normalized spacial score (nSPS) is 10.2. The Morgan fingerprint density at radius 1 is 1.27 bits per heavy atom. The van der Waals surface area contributed by atoms with Crippen molar-refractivity contribution in [2.24, 2.45) is 0 Å². The lowest BCUT2D eigenvalue weighted by Gasteiger charge is -1.89. The van der Waals surface area contributed by atoms with E-state index >= 15 is 0 Å². The summed E-state index contributed by atoms with van der Waals surface area (Å²) in [6, 6.07) is 9.75. The highest BCUT2D eigenvalue weighted by molar-refractivity contribution is 5.51. The van der Waals surface area contributed by atoms with E-state index in [4.69, 9.17) is 5.11 Å². The van der Waals surface area contributed by atoms with E-state index < -0.39 is 0 Å². The van der Waals surface area contributed by atoms with Crippen molar-refractivity contribution in [3.05, 3.63) is 54.3 Å². The van der Waals surface area contributed by atoms with Crippen LogP contribution in [0, 0.1) is 0 Å². The quantitative estimate of drug-likeness (QED) is 0.502. The van der Waals surface area contributed by atoms with Crippen molar-refractivity contribution in [3.63, 3.8) is 0 Å². The highest BCUT2D eigenvalue weighted by Crippen LogP contribution is 2.01. The van der Waals surface area contributed by atoms with Crippen LogP contribution >= 0.6 is 0 Å². The average Bonchev–Trinajstić information content (AvgIpc) is 2.03. The fourth-order valence-corrected chi connectivity index (χ4v) is 0.757. The van der Waals surface area contributed by atoms with Gasteiger partial charge in [0, 0.05) is 0 Å². The molecule has 0 bridgehead atoms. The third-order valence-electron chi connectivity index (χ3n) is 1.27. The van der Waals surface area contributed by atoms with E-state index in [0.29, 0.717) is 0 Å². The zero-order chi connectivity index (χ0) is 8.10. The molecule has 0 unspecified atom stereocenters. The maximum Gasteiger partial charge on any atom is 0.108 e. The van der Waals surface area contributed by atoms with Crippen molar-refractivity contribution in [2.45, 2.75) is 0 Å². The number of hydrogen-bond donors (Lipinski definition) is 1. The van der Waals surface area contributed by atoms with Gasteiger partial charge < -0.3 is 5.11 Å². The van der Waals surface area contributed by atoms with Gasteiger partial charge in [-0.3, -0.25) is 0 Å². The minimum absolute atomic E-state index is 0.0776. The van der Waals surface area contributed by atoms with Gasteiger partial charge in [0.1, 0.15) is 5.76 Å². The first kappa shape index (κ1) is 7.61. The van der Waals surface area contributed by atoms with E-state index in [1.54, 1.807) is 6.08 Å². The third-order valence-corrected chi connectivity index (χ3v) is 1.27. The molecule has 0 heterocycles. The zero-order valence-corrected chi connectivity index (χ0v) is 6.20. The molecule has 0 radical (unpaired) electrons. The fraction of sp³-hybridized carbons (Fsp3) is 0. The van der Waals surface area contributed by atoms with Gasteiger partial charge in [-0.05, 0) is 11.6 Å². The Bertz CT molecular complexity index is 259. The number of hydrogen-bond acceptors (Lipinski definition) is 1. The van der Waals surface area contributed by atoms with E-state index in [0.717, 1.165) is 5.56 Å². The van der Waals surface area contributed by atoms with Gasteiger partial charge in [0.25, 0.3) is 0 Å². The lowest BCUT2D eigenvalue weighted by Crippen LogP contribution is -1.70. The van der Waals surface area contributed by atoms with Crippen molar-refractivity contribution in [2.75, 3.05) is 0 Å². The Morgan fingerprint density at radius 3 is 2.45 bits per heavy atom. The van der Waals surface area contributed by atoms with E-state index in [-0.39, 0.29) is 5.76 Å². The van der Waals surface area contributed by atoms with Crippen molar-refractivity contribution in [3.8, 4) is 0 Å². The van der Waals surface area contributed by atoms with Crippen LogP contribution < -0.4 is 0 Å². The summed E-state index contributed by atoms with van der Waals surface area (Å²) in [5.41, 5.74) is 1.06. The van der Waals surface area contributed by atoms with Gasteiger partial charge in [0.05, 0.1) is 0 Å². The number of aliphatic hydroxyl groups is 1. The molecule has 0 amide bonds. The summed E-state index contributed by atoms with van der Waals surface area (Å²) in [5, 5.41) is 8.73. The highest BCUT2D eigenvalue weighted by atomic mass is 16.3. The van der Waals surface area contributed by atoms with Gasteiger partial charge in [0.15, 0.2) is 0 Å². The maximum absolute atomic E-state index is 8.73. The van der Waals surface area contributed by atoms with Gasteiger partial charge in [-0.15, -0.1) is 0 Å². The largest absolute Gasteiger partial charge is 0.509 e. The molecular weight excluding hydrogens is 136 g/mol. The van der Waals surface area contributed by atoms with Crippen LogP contribution in [0.1, 0.15) is 5.56 Å². The molecule has 0 fully saturated rings. The van der Waals surface area contributed by atoms with Crippen LogP contribution in [-0.4, -0.2) is 5.11 Å². The molecule has 1 aromatic rings. The Balaban J connectivity index is 2.72. The van der Waals surface area contributed by atoms with Crippen molar-refractivity contribution >= 4 is 6.08 Å². The minimum Gasteiger partial charge on any atom is -0.509 e. The van der Waals surface area contributed by atoms with Crippen LogP contribution in [0.5, 0.6) is 0 Å². The Kier molecular flexibility index (Phi) is 2.50. The van der Waals surface area contributed by atoms with Crippen LogP contribution in [-0.2, 0) is 0 Å². The predicted octanol–water partition coefficient (Wildman–Crippen LogP) is 2.77. The van der Waals surface area contributed by atoms with Crippen molar-refractivity contribution in [1.29, 1.82) is 0 Å². The summed E-state index contributed by atoms with van der Waals surface area (Å²) in [7, 11) is 0. The molecule has 0 saturated carbocycles. The van der Waals surface area contributed by atoms with Crippen LogP contribution in [0.2, 0.25) is 0 Å². The molecule has 1 N–H and O–H groups in total. The molecule has 1 heteroatoms. The summed E-state index contributed by atoms with van der Waals surface area (Å²) in [4.78, 5) is 0. The average molecular weight is 146 g/mol. The first-order valence-electron chi connectivity index (χ1n) is 3.40. The first-order chi connectivity index (χ1) is 5.29. The SMILES string of the molecule is C=C(O)/C=C\c1ccccc1. The molecule has 56 valence electrons.